The number of ether oxygens (including phenoxy) is 1. The minimum atomic E-state index is -0.859. The predicted molar refractivity (Wildman–Crippen MR) is 78.8 cm³/mol. The SMILES string of the molecule is COc1c(C)cc(C(=O)N2CCCC2CC(=O)O)cc1C. The van der Waals surface area contributed by atoms with Crippen molar-refractivity contribution in [2.24, 2.45) is 0 Å². The summed E-state index contributed by atoms with van der Waals surface area (Å²) in [6.07, 6.45) is 1.63. The molecule has 5 heteroatoms. The van der Waals surface area contributed by atoms with E-state index < -0.39 is 5.97 Å². The first kappa shape index (κ1) is 15.4. The molecule has 0 aromatic heterocycles. The molecule has 2 rings (SSSR count). The normalized spacial score (nSPS) is 17.9. The van der Waals surface area contributed by atoms with Gasteiger partial charge in [-0.1, -0.05) is 0 Å². The molecule has 0 spiro atoms. The number of hydrogen-bond donors (Lipinski definition) is 1. The number of nitrogens with zero attached hydrogens (tertiary/aromatic N) is 1. The Bertz CT molecular complexity index is 544. The van der Waals surface area contributed by atoms with Crippen molar-refractivity contribution in [3.05, 3.63) is 28.8 Å². The number of rotatable bonds is 4. The number of hydrogen-bond acceptors (Lipinski definition) is 3. The van der Waals surface area contributed by atoms with E-state index in [-0.39, 0.29) is 18.4 Å². The zero-order valence-corrected chi connectivity index (χ0v) is 12.7. The summed E-state index contributed by atoms with van der Waals surface area (Å²) in [6, 6.07) is 3.42. The number of likely N-dealkylation sites (tertiary alicyclic amines) is 1. The highest BCUT2D eigenvalue weighted by atomic mass is 16.5. The van der Waals surface area contributed by atoms with Gasteiger partial charge in [0.25, 0.3) is 5.91 Å². The third-order valence-corrected chi connectivity index (χ3v) is 3.96. The van der Waals surface area contributed by atoms with E-state index in [1.54, 1.807) is 12.0 Å². The molecular formula is C16H21NO4. The van der Waals surface area contributed by atoms with Gasteiger partial charge in [-0.05, 0) is 49.9 Å². The number of benzene rings is 1. The maximum atomic E-state index is 12.6. The van der Waals surface area contributed by atoms with Gasteiger partial charge in [-0.25, -0.2) is 0 Å². The summed E-state index contributed by atoms with van der Waals surface area (Å²) in [7, 11) is 1.61. The van der Waals surface area contributed by atoms with Gasteiger partial charge in [-0.3, -0.25) is 9.59 Å². The van der Waals surface area contributed by atoms with Crippen LogP contribution in [0.4, 0.5) is 0 Å². The van der Waals surface area contributed by atoms with E-state index in [2.05, 4.69) is 0 Å². The second-order valence-corrected chi connectivity index (χ2v) is 5.54. The summed E-state index contributed by atoms with van der Waals surface area (Å²) in [6.45, 7) is 4.43. The van der Waals surface area contributed by atoms with Gasteiger partial charge in [0, 0.05) is 18.2 Å². The molecule has 0 saturated carbocycles. The highest BCUT2D eigenvalue weighted by molar-refractivity contribution is 5.95. The topological polar surface area (TPSA) is 66.8 Å². The van der Waals surface area contributed by atoms with Crippen LogP contribution in [0.1, 0.15) is 40.7 Å². The molecule has 1 heterocycles. The molecule has 1 fully saturated rings. The molecule has 1 aliphatic heterocycles. The van der Waals surface area contributed by atoms with Crippen molar-refractivity contribution in [3.8, 4) is 5.75 Å². The molecule has 1 aromatic rings. The Labute approximate surface area is 124 Å². The van der Waals surface area contributed by atoms with Crippen LogP contribution in [0.3, 0.4) is 0 Å². The summed E-state index contributed by atoms with van der Waals surface area (Å²) < 4.78 is 5.31. The number of carboxylic acid groups (broad SMARTS) is 1. The molecule has 21 heavy (non-hydrogen) atoms. The van der Waals surface area contributed by atoms with Gasteiger partial charge >= 0.3 is 5.97 Å². The average Bonchev–Trinajstić information content (AvgIpc) is 2.84. The van der Waals surface area contributed by atoms with Crippen molar-refractivity contribution in [1.82, 2.24) is 4.90 Å². The van der Waals surface area contributed by atoms with Gasteiger partial charge in [-0.2, -0.15) is 0 Å². The van der Waals surface area contributed by atoms with E-state index in [1.807, 2.05) is 26.0 Å². The number of amides is 1. The Morgan fingerprint density at radius 3 is 2.48 bits per heavy atom. The molecular weight excluding hydrogens is 270 g/mol. The van der Waals surface area contributed by atoms with E-state index >= 15 is 0 Å². The molecule has 5 nitrogen and oxygen atoms in total. The van der Waals surface area contributed by atoms with Gasteiger partial charge < -0.3 is 14.7 Å². The van der Waals surface area contributed by atoms with Crippen molar-refractivity contribution >= 4 is 11.9 Å². The van der Waals surface area contributed by atoms with Gasteiger partial charge in [-0.15, -0.1) is 0 Å². The Hall–Kier alpha value is -2.04. The smallest absolute Gasteiger partial charge is 0.305 e. The lowest BCUT2D eigenvalue weighted by Crippen LogP contribution is -2.36. The number of carboxylic acids is 1. The van der Waals surface area contributed by atoms with E-state index in [0.717, 1.165) is 29.7 Å². The van der Waals surface area contributed by atoms with Crippen molar-refractivity contribution < 1.29 is 19.4 Å². The maximum Gasteiger partial charge on any atom is 0.305 e. The first-order valence-corrected chi connectivity index (χ1v) is 7.12. The van der Waals surface area contributed by atoms with Crippen molar-refractivity contribution in [1.29, 1.82) is 0 Å². The minimum absolute atomic E-state index is 0.0137. The summed E-state index contributed by atoms with van der Waals surface area (Å²) in [5.74, 6) is -0.163. The number of methoxy groups -OCH3 is 1. The van der Waals surface area contributed by atoms with Crippen molar-refractivity contribution in [3.63, 3.8) is 0 Å². The molecule has 1 atom stereocenters. The van der Waals surface area contributed by atoms with Crippen LogP contribution in [0.15, 0.2) is 12.1 Å². The molecule has 1 saturated heterocycles. The highest BCUT2D eigenvalue weighted by Crippen LogP contribution is 2.27. The molecule has 1 amide bonds. The molecule has 1 unspecified atom stereocenters. The molecule has 0 aliphatic carbocycles. The largest absolute Gasteiger partial charge is 0.496 e. The lowest BCUT2D eigenvalue weighted by Gasteiger charge is -2.24. The Balaban J connectivity index is 2.25. The summed E-state index contributed by atoms with van der Waals surface area (Å²) in [5, 5.41) is 8.95. The minimum Gasteiger partial charge on any atom is -0.496 e. The third-order valence-electron chi connectivity index (χ3n) is 3.96. The lowest BCUT2D eigenvalue weighted by molar-refractivity contribution is -0.137. The van der Waals surface area contributed by atoms with Crippen LogP contribution in [-0.4, -0.2) is 41.6 Å². The first-order valence-electron chi connectivity index (χ1n) is 7.12. The van der Waals surface area contributed by atoms with Gasteiger partial charge in [0.2, 0.25) is 0 Å². The fourth-order valence-corrected chi connectivity index (χ4v) is 3.08. The Kier molecular flexibility index (Phi) is 4.50. The summed E-state index contributed by atoms with van der Waals surface area (Å²) in [5.41, 5.74) is 2.42. The summed E-state index contributed by atoms with van der Waals surface area (Å²) >= 11 is 0. The second kappa shape index (κ2) is 6.16. The number of carbonyl (C=O) groups excluding carboxylic acids is 1. The Morgan fingerprint density at radius 2 is 1.95 bits per heavy atom. The fraction of sp³-hybridized carbons (Fsp3) is 0.500. The Morgan fingerprint density at radius 1 is 1.33 bits per heavy atom. The van der Waals surface area contributed by atoms with Crippen LogP contribution in [-0.2, 0) is 4.79 Å². The number of carbonyl (C=O) groups is 2. The zero-order valence-electron chi connectivity index (χ0n) is 12.7. The van der Waals surface area contributed by atoms with Gasteiger partial charge in [0.15, 0.2) is 0 Å². The van der Waals surface area contributed by atoms with Crippen LogP contribution in [0.5, 0.6) is 5.75 Å². The molecule has 0 radical (unpaired) electrons. The first-order chi connectivity index (χ1) is 9.93. The standard InChI is InChI=1S/C16H21NO4/c1-10-7-12(8-11(2)15(10)21-3)16(20)17-6-4-5-13(17)9-14(18)19/h7-8,13H,4-6,9H2,1-3H3,(H,18,19). The van der Waals surface area contributed by atoms with Crippen LogP contribution in [0.2, 0.25) is 0 Å². The highest BCUT2D eigenvalue weighted by Gasteiger charge is 2.31. The van der Waals surface area contributed by atoms with Crippen LogP contribution in [0, 0.1) is 13.8 Å². The predicted octanol–water partition coefficient (Wildman–Crippen LogP) is 2.39. The molecule has 1 aromatic carbocycles. The molecule has 1 N–H and O–H groups in total. The van der Waals surface area contributed by atoms with E-state index in [4.69, 9.17) is 9.84 Å². The lowest BCUT2D eigenvalue weighted by atomic mass is 10.0. The average molecular weight is 291 g/mol. The fourth-order valence-electron chi connectivity index (χ4n) is 3.08. The second-order valence-electron chi connectivity index (χ2n) is 5.54. The maximum absolute atomic E-state index is 12.6. The van der Waals surface area contributed by atoms with Crippen LogP contribution >= 0.6 is 0 Å². The van der Waals surface area contributed by atoms with E-state index in [9.17, 15) is 9.59 Å². The van der Waals surface area contributed by atoms with Gasteiger partial charge in [0.05, 0.1) is 13.5 Å². The van der Waals surface area contributed by atoms with E-state index in [0.29, 0.717) is 12.1 Å². The van der Waals surface area contributed by atoms with Gasteiger partial charge in [0.1, 0.15) is 5.75 Å². The summed E-state index contributed by atoms with van der Waals surface area (Å²) in [4.78, 5) is 25.2. The van der Waals surface area contributed by atoms with Crippen molar-refractivity contribution in [2.45, 2.75) is 39.2 Å². The number of aliphatic carboxylic acids is 1. The third kappa shape index (κ3) is 3.17. The quantitative estimate of drug-likeness (QED) is 0.925. The van der Waals surface area contributed by atoms with Crippen LogP contribution < -0.4 is 4.74 Å². The number of aryl methyl sites for hydroxylation is 2. The molecule has 1 aliphatic rings. The molecule has 114 valence electrons. The zero-order chi connectivity index (χ0) is 15.6. The monoisotopic (exact) mass is 291 g/mol. The van der Waals surface area contributed by atoms with Crippen molar-refractivity contribution in [2.75, 3.05) is 13.7 Å². The van der Waals surface area contributed by atoms with Crippen LogP contribution in [0.25, 0.3) is 0 Å². The molecule has 0 bridgehead atoms. The van der Waals surface area contributed by atoms with E-state index in [1.165, 1.54) is 0 Å².